The highest BCUT2D eigenvalue weighted by atomic mass is 32.2. The Kier molecular flexibility index (Phi) is 2.67. The van der Waals surface area contributed by atoms with Gasteiger partial charge >= 0.3 is 0 Å². The zero-order chi connectivity index (χ0) is 9.35. The topological polar surface area (TPSA) is 17.1 Å². The first-order valence-electron chi connectivity index (χ1n) is 4.27. The molecule has 2 heteroatoms. The van der Waals surface area contributed by atoms with Gasteiger partial charge in [-0.05, 0) is 23.0 Å². The summed E-state index contributed by atoms with van der Waals surface area (Å²) >= 11 is 1.73. The summed E-state index contributed by atoms with van der Waals surface area (Å²) in [5.74, 6) is 0.354. The van der Waals surface area contributed by atoms with E-state index in [1.807, 2.05) is 0 Å². The summed E-state index contributed by atoms with van der Waals surface area (Å²) in [7, 11) is 0. The second kappa shape index (κ2) is 3.25. The van der Waals surface area contributed by atoms with Crippen molar-refractivity contribution in [3.63, 3.8) is 0 Å². The van der Waals surface area contributed by atoms with Crippen molar-refractivity contribution in [3.8, 4) is 0 Å². The van der Waals surface area contributed by atoms with Crippen LogP contribution in [0.25, 0.3) is 0 Å². The van der Waals surface area contributed by atoms with E-state index in [4.69, 9.17) is 0 Å². The van der Waals surface area contributed by atoms with E-state index in [-0.39, 0.29) is 5.41 Å². The molecule has 0 aromatic heterocycles. The Morgan fingerprint density at radius 2 is 1.83 bits per heavy atom. The molecule has 0 saturated carbocycles. The van der Waals surface area contributed by atoms with Crippen molar-refractivity contribution < 1.29 is 4.79 Å². The number of hydrogen-bond acceptors (Lipinski definition) is 2. The lowest BCUT2D eigenvalue weighted by atomic mass is 9.85. The maximum absolute atomic E-state index is 11.5. The average molecular weight is 184 g/mol. The quantitative estimate of drug-likeness (QED) is 0.623. The normalized spacial score (nSPS) is 19.2. The van der Waals surface area contributed by atoms with Crippen LogP contribution >= 0.6 is 11.8 Å². The van der Waals surface area contributed by atoms with Gasteiger partial charge in [-0.1, -0.05) is 20.8 Å². The number of carbonyl (C=O) groups excluding carboxylic acids is 1. The van der Waals surface area contributed by atoms with Gasteiger partial charge in [-0.2, -0.15) is 0 Å². The fraction of sp³-hybridized carbons (Fsp3) is 0.700. The number of thioether (sulfide) groups is 1. The van der Waals surface area contributed by atoms with E-state index in [1.54, 1.807) is 11.8 Å². The molecule has 0 fully saturated rings. The van der Waals surface area contributed by atoms with Gasteiger partial charge < -0.3 is 0 Å². The number of rotatable bonds is 1. The van der Waals surface area contributed by atoms with Gasteiger partial charge in [0.25, 0.3) is 0 Å². The van der Waals surface area contributed by atoms with Gasteiger partial charge in [0.1, 0.15) is 0 Å². The minimum absolute atomic E-state index is 0.0337. The van der Waals surface area contributed by atoms with Crippen molar-refractivity contribution in [1.82, 2.24) is 0 Å². The largest absolute Gasteiger partial charge is 0.294 e. The zero-order valence-corrected chi connectivity index (χ0v) is 9.05. The van der Waals surface area contributed by atoms with Crippen LogP contribution in [0.15, 0.2) is 10.5 Å². The second-order valence-electron chi connectivity index (χ2n) is 4.18. The number of allylic oxidation sites excluding steroid dienone is 2. The molecule has 0 radical (unpaired) electrons. The Labute approximate surface area is 78.6 Å². The van der Waals surface area contributed by atoms with Crippen LogP contribution in [-0.2, 0) is 4.79 Å². The van der Waals surface area contributed by atoms with E-state index in [0.29, 0.717) is 5.78 Å². The highest BCUT2D eigenvalue weighted by Gasteiger charge is 2.31. The van der Waals surface area contributed by atoms with E-state index in [1.165, 1.54) is 4.91 Å². The molecule has 1 rings (SSSR count). The molecule has 0 saturated heterocycles. The van der Waals surface area contributed by atoms with Gasteiger partial charge in [0.2, 0.25) is 0 Å². The number of Topliss-reactive ketones (excluding diaryl/α,β-unsaturated/α-hetero) is 1. The Morgan fingerprint density at radius 3 is 2.17 bits per heavy atom. The predicted molar refractivity (Wildman–Crippen MR) is 54.2 cm³/mol. The highest BCUT2D eigenvalue weighted by molar-refractivity contribution is 8.02. The summed E-state index contributed by atoms with van der Waals surface area (Å²) < 4.78 is 0. The van der Waals surface area contributed by atoms with Crippen LogP contribution < -0.4 is 0 Å². The van der Waals surface area contributed by atoms with Gasteiger partial charge in [0.15, 0.2) is 5.78 Å². The van der Waals surface area contributed by atoms with Crippen LogP contribution in [0.4, 0.5) is 0 Å². The first-order valence-corrected chi connectivity index (χ1v) is 5.50. The van der Waals surface area contributed by atoms with Crippen LogP contribution in [0.2, 0.25) is 0 Å². The van der Waals surface area contributed by atoms with Crippen LogP contribution in [0, 0.1) is 5.41 Å². The smallest absolute Gasteiger partial charge is 0.160 e. The molecule has 0 heterocycles. The molecule has 0 aromatic carbocycles. The average Bonchev–Trinajstić information content (AvgIpc) is 2.29. The maximum atomic E-state index is 11.5. The molecule has 1 aliphatic rings. The van der Waals surface area contributed by atoms with Crippen molar-refractivity contribution in [2.45, 2.75) is 33.6 Å². The lowest BCUT2D eigenvalue weighted by molar-refractivity contribution is -0.115. The standard InChI is InChI=1S/C10H16OS/c1-10(2,3)9-7(11)5-6-8(9)12-4/h5-6H2,1-4H3. The molecule has 0 aliphatic heterocycles. The molecule has 1 aliphatic carbocycles. The Hall–Kier alpha value is -0.240. The van der Waals surface area contributed by atoms with Crippen molar-refractivity contribution >= 4 is 17.5 Å². The van der Waals surface area contributed by atoms with Gasteiger partial charge in [-0.3, -0.25) is 4.79 Å². The van der Waals surface area contributed by atoms with Crippen molar-refractivity contribution in [1.29, 1.82) is 0 Å². The number of ketones is 1. The van der Waals surface area contributed by atoms with Gasteiger partial charge in [0.05, 0.1) is 0 Å². The molecule has 1 nitrogen and oxygen atoms in total. The van der Waals surface area contributed by atoms with Gasteiger partial charge in [0, 0.05) is 12.0 Å². The molecule has 12 heavy (non-hydrogen) atoms. The molecule has 0 atom stereocenters. The van der Waals surface area contributed by atoms with Gasteiger partial charge in [-0.25, -0.2) is 0 Å². The summed E-state index contributed by atoms with van der Waals surface area (Å²) in [6.07, 6.45) is 3.75. The molecular formula is C10H16OS. The van der Waals surface area contributed by atoms with Crippen LogP contribution in [0.1, 0.15) is 33.6 Å². The third-order valence-electron chi connectivity index (χ3n) is 2.13. The molecule has 0 spiro atoms. The number of hydrogen-bond donors (Lipinski definition) is 0. The summed E-state index contributed by atoms with van der Waals surface area (Å²) in [5, 5.41) is 0. The summed E-state index contributed by atoms with van der Waals surface area (Å²) in [4.78, 5) is 12.8. The van der Waals surface area contributed by atoms with E-state index in [9.17, 15) is 4.79 Å². The van der Waals surface area contributed by atoms with Crippen LogP contribution in [0.5, 0.6) is 0 Å². The molecule has 0 amide bonds. The Morgan fingerprint density at radius 1 is 1.25 bits per heavy atom. The van der Waals surface area contributed by atoms with Gasteiger partial charge in [-0.15, -0.1) is 11.8 Å². The Balaban J connectivity index is 3.04. The van der Waals surface area contributed by atoms with E-state index in [0.717, 1.165) is 18.4 Å². The summed E-state index contributed by atoms with van der Waals surface area (Å²) in [6, 6.07) is 0. The fourth-order valence-electron chi connectivity index (χ4n) is 1.67. The van der Waals surface area contributed by atoms with Crippen molar-refractivity contribution in [3.05, 3.63) is 10.5 Å². The molecule has 0 unspecified atom stereocenters. The highest BCUT2D eigenvalue weighted by Crippen LogP contribution is 2.40. The van der Waals surface area contributed by atoms with Crippen LogP contribution in [-0.4, -0.2) is 12.0 Å². The first-order chi connectivity index (χ1) is 5.46. The minimum Gasteiger partial charge on any atom is -0.294 e. The second-order valence-corrected chi connectivity index (χ2v) is 5.08. The fourth-order valence-corrected chi connectivity index (χ4v) is 2.60. The molecule has 0 aromatic rings. The zero-order valence-electron chi connectivity index (χ0n) is 8.23. The molecular weight excluding hydrogens is 168 g/mol. The summed E-state index contributed by atoms with van der Waals surface area (Å²) in [5.41, 5.74) is 1.10. The molecule has 0 N–H and O–H groups in total. The van der Waals surface area contributed by atoms with E-state index in [2.05, 4.69) is 27.0 Å². The first kappa shape index (κ1) is 9.85. The maximum Gasteiger partial charge on any atom is 0.160 e. The lowest BCUT2D eigenvalue weighted by Gasteiger charge is -2.20. The third-order valence-corrected chi connectivity index (χ3v) is 3.03. The Bertz CT molecular complexity index is 233. The van der Waals surface area contributed by atoms with E-state index < -0.39 is 0 Å². The predicted octanol–water partition coefficient (Wildman–Crippen LogP) is 3.01. The summed E-state index contributed by atoms with van der Waals surface area (Å²) in [6.45, 7) is 6.34. The van der Waals surface area contributed by atoms with E-state index >= 15 is 0 Å². The number of carbonyl (C=O) groups is 1. The SMILES string of the molecule is CSC1=C(C(C)(C)C)C(=O)CC1. The third kappa shape index (κ3) is 1.74. The molecule has 0 bridgehead atoms. The molecule has 68 valence electrons. The van der Waals surface area contributed by atoms with Crippen LogP contribution in [0.3, 0.4) is 0 Å². The monoisotopic (exact) mass is 184 g/mol. The van der Waals surface area contributed by atoms with Crippen molar-refractivity contribution in [2.24, 2.45) is 5.41 Å². The minimum atomic E-state index is 0.0337. The lowest BCUT2D eigenvalue weighted by Crippen LogP contribution is -2.15. The van der Waals surface area contributed by atoms with Crippen molar-refractivity contribution in [2.75, 3.05) is 6.26 Å².